The highest BCUT2D eigenvalue weighted by Gasteiger charge is 2.23. The van der Waals surface area contributed by atoms with Crippen LogP contribution in [0.2, 0.25) is 0 Å². The molecule has 2 rings (SSSR count). The van der Waals surface area contributed by atoms with E-state index >= 15 is 0 Å². The Balaban J connectivity index is 1.67. The average molecular weight is 277 g/mol. The molecule has 0 unspecified atom stereocenters. The predicted octanol–water partition coefficient (Wildman–Crippen LogP) is 0.735. The number of amides is 1. The van der Waals surface area contributed by atoms with Crippen molar-refractivity contribution in [3.63, 3.8) is 0 Å². The van der Waals surface area contributed by atoms with E-state index < -0.39 is 0 Å². The van der Waals surface area contributed by atoms with Gasteiger partial charge in [-0.3, -0.25) is 9.69 Å². The fourth-order valence-electron chi connectivity index (χ4n) is 1.95. The zero-order valence-electron chi connectivity index (χ0n) is 12.0. The lowest BCUT2D eigenvalue weighted by Gasteiger charge is -2.17. The summed E-state index contributed by atoms with van der Waals surface area (Å²) < 4.78 is 5.72. The third kappa shape index (κ3) is 4.83. The molecular weight excluding hydrogens is 254 g/mol. The number of para-hydroxylation sites is 1. The second kappa shape index (κ2) is 7.26. The highest BCUT2D eigenvalue weighted by molar-refractivity contribution is 5.78. The molecule has 3 N–H and O–H groups in total. The Labute approximate surface area is 120 Å². The number of rotatable bonds is 8. The van der Waals surface area contributed by atoms with Crippen LogP contribution in [0.15, 0.2) is 24.3 Å². The molecular formula is C15H23N3O2. The first kappa shape index (κ1) is 14.8. The molecule has 1 saturated carbocycles. The van der Waals surface area contributed by atoms with Crippen LogP contribution in [0.5, 0.6) is 5.75 Å². The first-order valence-corrected chi connectivity index (χ1v) is 7.07. The molecule has 0 aromatic heterocycles. The van der Waals surface area contributed by atoms with Gasteiger partial charge >= 0.3 is 0 Å². The van der Waals surface area contributed by atoms with E-state index in [2.05, 4.69) is 5.32 Å². The van der Waals surface area contributed by atoms with Crippen LogP contribution in [0, 0.1) is 0 Å². The van der Waals surface area contributed by atoms with Gasteiger partial charge in [0.1, 0.15) is 12.4 Å². The lowest BCUT2D eigenvalue weighted by atomic mass is 10.2. The van der Waals surface area contributed by atoms with E-state index in [9.17, 15) is 4.79 Å². The molecule has 0 aliphatic heterocycles. The fraction of sp³-hybridized carbons (Fsp3) is 0.533. The summed E-state index contributed by atoms with van der Waals surface area (Å²) >= 11 is 0. The molecule has 1 amide bonds. The van der Waals surface area contributed by atoms with Gasteiger partial charge in [-0.1, -0.05) is 18.2 Å². The number of nitrogens with two attached hydrogens (primary N) is 1. The van der Waals surface area contributed by atoms with Gasteiger partial charge in [0.25, 0.3) is 0 Å². The van der Waals surface area contributed by atoms with E-state index in [-0.39, 0.29) is 5.91 Å². The van der Waals surface area contributed by atoms with Crippen LogP contribution in [-0.4, -0.2) is 43.6 Å². The summed E-state index contributed by atoms with van der Waals surface area (Å²) in [5, 5.41) is 2.97. The number of ether oxygens (including phenoxy) is 1. The molecule has 1 aromatic carbocycles. The van der Waals surface area contributed by atoms with Gasteiger partial charge < -0.3 is 15.8 Å². The summed E-state index contributed by atoms with van der Waals surface area (Å²) in [6, 6.07) is 8.18. The van der Waals surface area contributed by atoms with Crippen molar-refractivity contribution >= 4 is 5.91 Å². The summed E-state index contributed by atoms with van der Waals surface area (Å²) in [6.45, 7) is 2.13. The molecule has 0 bridgehead atoms. The van der Waals surface area contributed by atoms with Crippen molar-refractivity contribution in [2.75, 3.05) is 26.7 Å². The van der Waals surface area contributed by atoms with Gasteiger partial charge in [-0.2, -0.15) is 0 Å². The van der Waals surface area contributed by atoms with Crippen molar-refractivity contribution in [3.8, 4) is 5.75 Å². The minimum Gasteiger partial charge on any atom is -0.492 e. The van der Waals surface area contributed by atoms with E-state index in [4.69, 9.17) is 10.5 Å². The van der Waals surface area contributed by atoms with Crippen LogP contribution >= 0.6 is 0 Å². The van der Waals surface area contributed by atoms with Crippen molar-refractivity contribution in [2.24, 2.45) is 5.73 Å². The fourth-order valence-corrected chi connectivity index (χ4v) is 1.95. The molecule has 0 radical (unpaired) electrons. The van der Waals surface area contributed by atoms with Crippen molar-refractivity contribution in [1.82, 2.24) is 10.2 Å². The summed E-state index contributed by atoms with van der Waals surface area (Å²) in [7, 11) is 1.92. The molecule has 1 aliphatic carbocycles. The van der Waals surface area contributed by atoms with Crippen LogP contribution in [0.4, 0.5) is 0 Å². The quantitative estimate of drug-likeness (QED) is 0.735. The zero-order chi connectivity index (χ0) is 14.4. The molecule has 110 valence electrons. The van der Waals surface area contributed by atoms with Gasteiger partial charge in [-0.05, 0) is 26.0 Å². The summed E-state index contributed by atoms with van der Waals surface area (Å²) in [5.41, 5.74) is 6.66. The monoisotopic (exact) mass is 277 g/mol. The molecule has 0 saturated heterocycles. The van der Waals surface area contributed by atoms with Crippen molar-refractivity contribution in [2.45, 2.75) is 25.4 Å². The van der Waals surface area contributed by atoms with E-state index in [1.165, 1.54) is 0 Å². The average Bonchev–Trinajstić information content (AvgIpc) is 3.23. The summed E-state index contributed by atoms with van der Waals surface area (Å²) in [6.07, 6.45) is 2.24. The first-order valence-electron chi connectivity index (χ1n) is 7.07. The molecule has 0 atom stereocenters. The minimum atomic E-state index is 0.0948. The maximum atomic E-state index is 11.6. The Hall–Kier alpha value is -1.59. The Kier molecular flexibility index (Phi) is 5.38. The lowest BCUT2D eigenvalue weighted by molar-refractivity contribution is -0.122. The zero-order valence-corrected chi connectivity index (χ0v) is 12.0. The number of carbonyl (C=O) groups is 1. The Morgan fingerprint density at radius 3 is 2.90 bits per heavy atom. The number of hydrogen-bond donors (Lipinski definition) is 2. The van der Waals surface area contributed by atoms with Gasteiger partial charge in [-0.15, -0.1) is 0 Å². The molecule has 20 heavy (non-hydrogen) atoms. The molecule has 1 aromatic rings. The van der Waals surface area contributed by atoms with Crippen molar-refractivity contribution in [3.05, 3.63) is 29.8 Å². The number of hydrogen-bond acceptors (Lipinski definition) is 4. The normalized spacial score (nSPS) is 14.3. The van der Waals surface area contributed by atoms with E-state index in [0.717, 1.165) is 24.2 Å². The van der Waals surface area contributed by atoms with Crippen LogP contribution in [0.25, 0.3) is 0 Å². The SMILES string of the molecule is CN(CCOc1ccccc1CN)CC(=O)NC1CC1. The number of likely N-dealkylation sites (N-methyl/N-ethyl adjacent to an activating group) is 1. The third-order valence-electron chi connectivity index (χ3n) is 3.28. The Morgan fingerprint density at radius 2 is 2.20 bits per heavy atom. The second-order valence-corrected chi connectivity index (χ2v) is 5.24. The predicted molar refractivity (Wildman–Crippen MR) is 78.5 cm³/mol. The molecule has 1 aliphatic rings. The molecule has 1 fully saturated rings. The maximum Gasteiger partial charge on any atom is 0.234 e. The molecule has 0 spiro atoms. The van der Waals surface area contributed by atoms with Gasteiger partial charge in [0.05, 0.1) is 6.54 Å². The summed E-state index contributed by atoms with van der Waals surface area (Å²) in [4.78, 5) is 13.6. The standard InChI is InChI=1S/C15H23N3O2/c1-18(11-15(19)17-13-6-7-13)8-9-20-14-5-3-2-4-12(14)10-16/h2-5,13H,6-11,16H2,1H3,(H,17,19). The van der Waals surface area contributed by atoms with Gasteiger partial charge in [0.15, 0.2) is 0 Å². The van der Waals surface area contributed by atoms with Gasteiger partial charge in [0.2, 0.25) is 5.91 Å². The first-order chi connectivity index (χ1) is 9.69. The smallest absolute Gasteiger partial charge is 0.234 e. The second-order valence-electron chi connectivity index (χ2n) is 5.24. The van der Waals surface area contributed by atoms with Gasteiger partial charge in [0, 0.05) is 24.7 Å². The number of nitrogens with zero attached hydrogens (tertiary/aromatic N) is 1. The molecule has 5 nitrogen and oxygen atoms in total. The topological polar surface area (TPSA) is 67.6 Å². The lowest BCUT2D eigenvalue weighted by Crippen LogP contribution is -2.37. The van der Waals surface area contributed by atoms with E-state index in [1.807, 2.05) is 36.2 Å². The highest BCUT2D eigenvalue weighted by atomic mass is 16.5. The Morgan fingerprint density at radius 1 is 1.45 bits per heavy atom. The summed E-state index contributed by atoms with van der Waals surface area (Å²) in [5.74, 6) is 0.920. The van der Waals surface area contributed by atoms with Crippen molar-refractivity contribution < 1.29 is 9.53 Å². The van der Waals surface area contributed by atoms with Crippen LogP contribution in [0.3, 0.4) is 0 Å². The number of nitrogens with one attached hydrogen (secondary N) is 1. The minimum absolute atomic E-state index is 0.0948. The Bertz CT molecular complexity index is 446. The number of carbonyl (C=O) groups excluding carboxylic acids is 1. The van der Waals surface area contributed by atoms with E-state index in [1.54, 1.807) is 0 Å². The largest absolute Gasteiger partial charge is 0.492 e. The van der Waals surface area contributed by atoms with Gasteiger partial charge in [-0.25, -0.2) is 0 Å². The van der Waals surface area contributed by atoms with Crippen molar-refractivity contribution in [1.29, 1.82) is 0 Å². The molecule has 5 heteroatoms. The molecule has 0 heterocycles. The third-order valence-corrected chi connectivity index (χ3v) is 3.28. The highest BCUT2D eigenvalue weighted by Crippen LogP contribution is 2.18. The van der Waals surface area contributed by atoms with Crippen LogP contribution in [-0.2, 0) is 11.3 Å². The van der Waals surface area contributed by atoms with E-state index in [0.29, 0.717) is 32.3 Å². The maximum absolute atomic E-state index is 11.6. The number of benzene rings is 1. The van der Waals surface area contributed by atoms with Crippen LogP contribution in [0.1, 0.15) is 18.4 Å². The van der Waals surface area contributed by atoms with Crippen LogP contribution < -0.4 is 15.8 Å².